The molecular formula is C45H48O14S. The Bertz CT molecular complexity index is 2220. The van der Waals surface area contributed by atoms with Gasteiger partial charge in [0.15, 0.2) is 29.4 Å². The van der Waals surface area contributed by atoms with Crippen LogP contribution in [0.3, 0.4) is 0 Å². The number of fused-ring (bicyclic) bond motifs is 5. The number of hydrogen-bond acceptors (Lipinski definition) is 15. The van der Waals surface area contributed by atoms with Gasteiger partial charge >= 0.3 is 23.9 Å². The molecule has 2 heterocycles. The maximum atomic E-state index is 15.4. The van der Waals surface area contributed by atoms with Crippen LogP contribution in [0.5, 0.6) is 0 Å². The van der Waals surface area contributed by atoms with E-state index in [1.54, 1.807) is 86.0 Å². The number of hydrogen-bond donors (Lipinski definition) is 3. The minimum Gasteiger partial charge on any atom is -0.456 e. The van der Waals surface area contributed by atoms with E-state index in [1.165, 1.54) is 19.9 Å². The third kappa shape index (κ3) is 6.80. The molecule has 318 valence electrons. The first-order valence-electron chi connectivity index (χ1n) is 19.7. The summed E-state index contributed by atoms with van der Waals surface area (Å²) in [5.41, 5.74) is -7.10. The van der Waals surface area contributed by atoms with E-state index in [-0.39, 0.29) is 34.6 Å². The molecule has 4 aliphatic rings. The van der Waals surface area contributed by atoms with E-state index in [0.717, 1.165) is 25.2 Å². The predicted octanol–water partition coefficient (Wildman–Crippen LogP) is 4.29. The number of benzene rings is 2. The van der Waals surface area contributed by atoms with Gasteiger partial charge in [-0.2, -0.15) is 0 Å². The van der Waals surface area contributed by atoms with Gasteiger partial charge < -0.3 is 39.0 Å². The zero-order valence-electron chi connectivity index (χ0n) is 34.0. The molecule has 15 heteroatoms. The van der Waals surface area contributed by atoms with Crippen LogP contribution in [0.1, 0.15) is 85.9 Å². The molecule has 7 rings (SSSR count). The summed E-state index contributed by atoms with van der Waals surface area (Å²) >= 11 is 1.05. The Morgan fingerprint density at radius 1 is 0.883 bits per heavy atom. The number of aliphatic hydroxyl groups excluding tert-OH is 2. The number of carbonyl (C=O) groups excluding carboxylic acids is 6. The van der Waals surface area contributed by atoms with Crippen LogP contribution in [-0.2, 0) is 42.9 Å². The molecule has 2 saturated carbocycles. The van der Waals surface area contributed by atoms with Crippen molar-refractivity contribution in [2.45, 2.75) is 108 Å². The van der Waals surface area contributed by atoms with E-state index >= 15 is 4.79 Å². The SMILES string of the molecule is CC(=O)OC1C(=O)[C@]2(C)C(O)CC3OC[C@@]3(OC(C)=O)C2C(OC(=O)c2cccs2)C2(O)CC(OC(=O)C(O)C(C(=O)c3ccccc3)c3ccccc3)C(C)=C1C2(C)C. The van der Waals surface area contributed by atoms with Gasteiger partial charge in [-0.3, -0.25) is 19.2 Å². The Kier molecular flexibility index (Phi) is 11.3. The van der Waals surface area contributed by atoms with E-state index in [9.17, 15) is 39.3 Å². The number of esters is 4. The summed E-state index contributed by atoms with van der Waals surface area (Å²) in [6.45, 7) is 7.99. The van der Waals surface area contributed by atoms with Crippen molar-refractivity contribution in [3.8, 4) is 0 Å². The number of Topliss-reactive ketones (excluding diaryl/α,β-unsaturated/α-hetero) is 2. The monoisotopic (exact) mass is 844 g/mol. The molecule has 1 saturated heterocycles. The summed E-state index contributed by atoms with van der Waals surface area (Å²) < 4.78 is 30.2. The lowest BCUT2D eigenvalue weighted by Crippen LogP contribution is -2.82. The van der Waals surface area contributed by atoms with Crippen LogP contribution >= 0.6 is 11.3 Å². The van der Waals surface area contributed by atoms with Crippen LogP contribution in [0.25, 0.3) is 0 Å². The van der Waals surface area contributed by atoms with Crippen molar-refractivity contribution in [3.63, 3.8) is 0 Å². The van der Waals surface area contributed by atoms with Gasteiger partial charge in [0.1, 0.15) is 28.8 Å². The molecule has 2 aromatic carbocycles. The fourth-order valence-corrected chi connectivity index (χ4v) is 10.7. The summed E-state index contributed by atoms with van der Waals surface area (Å²) in [7, 11) is 0. The van der Waals surface area contributed by atoms with E-state index in [1.807, 2.05) is 0 Å². The van der Waals surface area contributed by atoms with Crippen LogP contribution in [0.2, 0.25) is 0 Å². The Morgan fingerprint density at radius 3 is 2.10 bits per heavy atom. The summed E-state index contributed by atoms with van der Waals surface area (Å²) in [5.74, 6) is -8.20. The first-order valence-corrected chi connectivity index (χ1v) is 20.6. The van der Waals surface area contributed by atoms with Gasteiger partial charge in [0.2, 0.25) is 0 Å². The number of carbonyl (C=O) groups is 6. The number of aliphatic hydroxyl groups is 3. The number of thiophene rings is 1. The molecule has 1 aliphatic heterocycles. The van der Waals surface area contributed by atoms with Gasteiger partial charge in [-0.1, -0.05) is 80.6 Å². The van der Waals surface area contributed by atoms with E-state index in [2.05, 4.69) is 0 Å². The van der Waals surface area contributed by atoms with Crippen LogP contribution in [0.15, 0.2) is 89.3 Å². The molecule has 3 aromatic rings. The molecule has 3 aliphatic carbocycles. The molecule has 60 heavy (non-hydrogen) atoms. The van der Waals surface area contributed by atoms with Gasteiger partial charge in [-0.15, -0.1) is 11.3 Å². The van der Waals surface area contributed by atoms with Crippen molar-refractivity contribution in [1.82, 2.24) is 0 Å². The third-order valence-corrected chi connectivity index (χ3v) is 14.1. The van der Waals surface area contributed by atoms with Crippen LogP contribution in [0.4, 0.5) is 0 Å². The minimum absolute atomic E-state index is 0.00118. The van der Waals surface area contributed by atoms with Gasteiger partial charge in [0, 0.05) is 37.7 Å². The van der Waals surface area contributed by atoms with Crippen molar-refractivity contribution in [2.24, 2.45) is 16.7 Å². The second kappa shape index (κ2) is 15.8. The Labute approximate surface area is 350 Å². The first-order chi connectivity index (χ1) is 28.3. The topological polar surface area (TPSA) is 209 Å². The molecule has 14 nitrogen and oxygen atoms in total. The fraction of sp³-hybridized carbons (Fsp3) is 0.467. The molecule has 0 amide bonds. The molecule has 2 bridgehead atoms. The summed E-state index contributed by atoms with van der Waals surface area (Å²) in [4.78, 5) is 83.9. The Hall–Kier alpha value is -5.06. The lowest BCUT2D eigenvalue weighted by atomic mass is 9.44. The van der Waals surface area contributed by atoms with Crippen LogP contribution in [0, 0.1) is 16.7 Å². The highest BCUT2D eigenvalue weighted by molar-refractivity contribution is 7.11. The lowest BCUT2D eigenvalue weighted by molar-refractivity contribution is -0.346. The Balaban J connectivity index is 1.41. The largest absolute Gasteiger partial charge is 0.456 e. The highest BCUT2D eigenvalue weighted by Crippen LogP contribution is 2.64. The van der Waals surface area contributed by atoms with Crippen molar-refractivity contribution in [2.75, 3.05) is 6.61 Å². The molecule has 0 radical (unpaired) electrons. The Morgan fingerprint density at radius 2 is 1.53 bits per heavy atom. The number of ether oxygens (including phenoxy) is 5. The first kappa shape index (κ1) is 43.0. The highest BCUT2D eigenvalue weighted by atomic mass is 32.1. The van der Waals surface area contributed by atoms with Crippen LogP contribution in [-0.4, -0.2) is 105 Å². The fourth-order valence-electron chi connectivity index (χ4n) is 10.1. The molecule has 3 N–H and O–H groups in total. The van der Waals surface area contributed by atoms with Crippen LogP contribution < -0.4 is 0 Å². The molecule has 3 fully saturated rings. The highest BCUT2D eigenvalue weighted by Gasteiger charge is 2.78. The van der Waals surface area contributed by atoms with Gasteiger partial charge in [0.05, 0.1) is 30.0 Å². The molecule has 11 atom stereocenters. The number of ketones is 2. The second-order valence-electron chi connectivity index (χ2n) is 16.9. The van der Waals surface area contributed by atoms with Crippen molar-refractivity contribution < 1.29 is 67.8 Å². The third-order valence-electron chi connectivity index (χ3n) is 13.2. The summed E-state index contributed by atoms with van der Waals surface area (Å²) in [5, 5.41) is 39.1. The minimum atomic E-state index is -2.38. The van der Waals surface area contributed by atoms with Crippen molar-refractivity contribution in [3.05, 3.63) is 105 Å². The van der Waals surface area contributed by atoms with Crippen molar-refractivity contribution in [1.29, 1.82) is 0 Å². The average molecular weight is 845 g/mol. The summed E-state index contributed by atoms with van der Waals surface area (Å²) in [6.07, 6.45) is -10.5. The molecule has 9 unspecified atom stereocenters. The summed E-state index contributed by atoms with van der Waals surface area (Å²) in [6, 6.07) is 19.4. The maximum absolute atomic E-state index is 15.4. The van der Waals surface area contributed by atoms with E-state index in [4.69, 9.17) is 23.7 Å². The van der Waals surface area contributed by atoms with Gasteiger partial charge in [-0.05, 0) is 42.0 Å². The lowest BCUT2D eigenvalue weighted by Gasteiger charge is -2.67. The standard InChI is InChI=1S/C45H48O14S/c1-23-28(57-41(53)35(50)32(26-14-9-7-10-15-26)34(49)27-16-11-8-12-17-27)21-45(54)39(58-40(52)29-18-13-19-60-29)37-43(6,30(48)20-31-44(37,22-55-31)59-25(3)47)38(51)36(56-24(2)46)33(23)42(45,4)5/h7-19,28,30-32,35-37,39,48,50,54H,20-22H2,1-6H3/t28?,30?,31?,32?,35?,36?,37?,39?,43-,44+,45?/m1/s1. The zero-order valence-corrected chi connectivity index (χ0v) is 34.8. The quantitative estimate of drug-likeness (QED) is 0.113. The van der Waals surface area contributed by atoms with E-state index in [0.29, 0.717) is 5.56 Å². The number of rotatable bonds is 10. The molecule has 0 spiro atoms. The van der Waals surface area contributed by atoms with Gasteiger partial charge in [0.25, 0.3) is 0 Å². The smallest absolute Gasteiger partial charge is 0.348 e. The predicted molar refractivity (Wildman–Crippen MR) is 212 cm³/mol. The maximum Gasteiger partial charge on any atom is 0.348 e. The second-order valence-corrected chi connectivity index (χ2v) is 17.8. The molecule has 1 aromatic heterocycles. The van der Waals surface area contributed by atoms with Gasteiger partial charge in [-0.25, -0.2) is 9.59 Å². The normalized spacial score (nSPS) is 32.6. The van der Waals surface area contributed by atoms with E-state index < -0.39 is 112 Å². The van der Waals surface area contributed by atoms with Crippen molar-refractivity contribution >= 4 is 46.8 Å². The molecular weight excluding hydrogens is 797 g/mol. The zero-order chi connectivity index (χ0) is 43.5. The average Bonchev–Trinajstić information content (AvgIpc) is 3.75.